The molecular weight excluding hydrogens is 291 g/mol. The Hall–Kier alpha value is -1.33. The molecule has 0 aliphatic heterocycles. The third-order valence-electron chi connectivity index (χ3n) is 2.79. The van der Waals surface area contributed by atoms with Gasteiger partial charge in [-0.15, -0.1) is 0 Å². The van der Waals surface area contributed by atoms with E-state index in [1.165, 1.54) is 12.1 Å². The van der Waals surface area contributed by atoms with Crippen LogP contribution in [0.3, 0.4) is 0 Å². The fraction of sp³-hybridized carbons (Fsp3) is 0.417. The van der Waals surface area contributed by atoms with Gasteiger partial charge in [-0.1, -0.05) is 43.5 Å². The van der Waals surface area contributed by atoms with Crippen molar-refractivity contribution in [1.29, 1.82) is 0 Å². The number of nitrogens with zero attached hydrogens (tertiary/aromatic N) is 1. The highest BCUT2D eigenvalue weighted by Gasteiger charge is 2.27. The zero-order chi connectivity index (χ0) is 14.6. The zero-order valence-electron chi connectivity index (χ0n) is 10.5. The second kappa shape index (κ2) is 6.73. The predicted octanol–water partition coefficient (Wildman–Crippen LogP) is 2.62. The van der Waals surface area contributed by atoms with Crippen molar-refractivity contribution in [2.24, 2.45) is 5.92 Å². The van der Waals surface area contributed by atoms with E-state index in [2.05, 4.69) is 10.3 Å². The predicted molar refractivity (Wildman–Crippen MR) is 72.6 cm³/mol. The van der Waals surface area contributed by atoms with E-state index < -0.39 is 17.9 Å². The maximum Gasteiger partial charge on any atom is 0.326 e. The third-order valence-corrected chi connectivity index (χ3v) is 3.31. The summed E-state index contributed by atoms with van der Waals surface area (Å²) in [7, 11) is 0. The SMILES string of the molecule is CCC(C)[C@H](NC(=O)c1nc(Cl)ccc1Cl)C(=O)O. The third kappa shape index (κ3) is 4.08. The van der Waals surface area contributed by atoms with Gasteiger partial charge in [-0.25, -0.2) is 9.78 Å². The summed E-state index contributed by atoms with van der Waals surface area (Å²) >= 11 is 11.5. The second-order valence-electron chi connectivity index (χ2n) is 4.14. The maximum atomic E-state index is 12.0. The first-order valence-electron chi connectivity index (χ1n) is 5.72. The van der Waals surface area contributed by atoms with Gasteiger partial charge >= 0.3 is 5.97 Å². The lowest BCUT2D eigenvalue weighted by molar-refractivity contribution is -0.140. The van der Waals surface area contributed by atoms with Crippen LogP contribution in [0.4, 0.5) is 0 Å². The molecule has 1 rings (SSSR count). The van der Waals surface area contributed by atoms with Crippen molar-refractivity contribution in [3.8, 4) is 0 Å². The van der Waals surface area contributed by atoms with Crippen molar-refractivity contribution in [3.63, 3.8) is 0 Å². The van der Waals surface area contributed by atoms with Crippen LogP contribution in [0.15, 0.2) is 12.1 Å². The van der Waals surface area contributed by atoms with Crippen molar-refractivity contribution in [1.82, 2.24) is 10.3 Å². The standard InChI is InChI=1S/C12H14Cl2N2O3/c1-3-6(2)9(12(18)19)16-11(17)10-7(13)4-5-8(14)15-10/h4-6,9H,3H2,1-2H3,(H,16,17)(H,18,19)/t6?,9-/m0/s1. The van der Waals surface area contributed by atoms with Crippen molar-refractivity contribution >= 4 is 35.1 Å². The average Bonchev–Trinajstić information content (AvgIpc) is 2.37. The molecule has 19 heavy (non-hydrogen) atoms. The number of carboxylic acids is 1. The van der Waals surface area contributed by atoms with Gasteiger partial charge in [-0.2, -0.15) is 0 Å². The van der Waals surface area contributed by atoms with Crippen LogP contribution in [0.1, 0.15) is 30.8 Å². The van der Waals surface area contributed by atoms with Crippen molar-refractivity contribution in [2.75, 3.05) is 0 Å². The van der Waals surface area contributed by atoms with Gasteiger partial charge in [0.1, 0.15) is 16.9 Å². The Bertz CT molecular complexity index is 494. The lowest BCUT2D eigenvalue weighted by Gasteiger charge is -2.20. The number of pyridine rings is 1. The molecule has 0 saturated heterocycles. The first-order valence-corrected chi connectivity index (χ1v) is 6.48. The Morgan fingerprint density at radius 1 is 1.42 bits per heavy atom. The molecule has 0 fully saturated rings. The molecule has 0 radical (unpaired) electrons. The summed E-state index contributed by atoms with van der Waals surface area (Å²) in [6.45, 7) is 3.59. The number of nitrogens with one attached hydrogen (secondary N) is 1. The molecule has 1 unspecified atom stereocenters. The Kier molecular flexibility index (Phi) is 5.57. The Morgan fingerprint density at radius 3 is 2.58 bits per heavy atom. The smallest absolute Gasteiger partial charge is 0.326 e. The molecule has 0 saturated carbocycles. The van der Waals surface area contributed by atoms with Crippen LogP contribution in [0.2, 0.25) is 10.2 Å². The van der Waals surface area contributed by atoms with Crippen LogP contribution in [-0.4, -0.2) is 28.0 Å². The number of hydrogen-bond acceptors (Lipinski definition) is 3. The van der Waals surface area contributed by atoms with Crippen LogP contribution >= 0.6 is 23.2 Å². The van der Waals surface area contributed by atoms with Crippen molar-refractivity contribution in [2.45, 2.75) is 26.3 Å². The number of carbonyl (C=O) groups is 2. The van der Waals surface area contributed by atoms with Crippen LogP contribution < -0.4 is 5.32 Å². The largest absolute Gasteiger partial charge is 0.480 e. The summed E-state index contributed by atoms with van der Waals surface area (Å²) in [5.41, 5.74) is -0.0799. The fourth-order valence-corrected chi connectivity index (χ4v) is 1.81. The molecule has 0 aromatic carbocycles. The molecule has 5 nitrogen and oxygen atoms in total. The van der Waals surface area contributed by atoms with Crippen LogP contribution in [0.25, 0.3) is 0 Å². The van der Waals surface area contributed by atoms with Crippen LogP contribution in [-0.2, 0) is 4.79 Å². The second-order valence-corrected chi connectivity index (χ2v) is 4.93. The van der Waals surface area contributed by atoms with Crippen molar-refractivity contribution < 1.29 is 14.7 Å². The number of halogens is 2. The molecule has 0 spiro atoms. The van der Waals surface area contributed by atoms with Gasteiger partial charge in [0.05, 0.1) is 5.02 Å². The summed E-state index contributed by atoms with van der Waals surface area (Å²) < 4.78 is 0. The number of hydrogen-bond donors (Lipinski definition) is 2. The fourth-order valence-electron chi connectivity index (χ4n) is 1.47. The molecule has 104 valence electrons. The zero-order valence-corrected chi connectivity index (χ0v) is 12.0. The van der Waals surface area contributed by atoms with Crippen LogP contribution in [0.5, 0.6) is 0 Å². The number of aliphatic carboxylic acids is 1. The summed E-state index contributed by atoms with van der Waals surface area (Å²) in [5.74, 6) is -1.96. The molecule has 7 heteroatoms. The maximum absolute atomic E-state index is 12.0. The minimum Gasteiger partial charge on any atom is -0.480 e. The highest BCUT2D eigenvalue weighted by molar-refractivity contribution is 6.34. The first-order chi connectivity index (χ1) is 8.86. The Labute approximate surface area is 120 Å². The molecule has 0 aliphatic carbocycles. The highest BCUT2D eigenvalue weighted by atomic mass is 35.5. The normalized spacial score (nSPS) is 13.7. The van der Waals surface area contributed by atoms with E-state index in [1.807, 2.05) is 6.92 Å². The molecule has 1 aromatic rings. The minimum absolute atomic E-state index is 0.0799. The molecule has 2 atom stereocenters. The quantitative estimate of drug-likeness (QED) is 0.820. The van der Waals surface area contributed by atoms with Gasteiger partial charge in [0.25, 0.3) is 5.91 Å². The lowest BCUT2D eigenvalue weighted by atomic mass is 9.99. The van der Waals surface area contributed by atoms with E-state index in [1.54, 1.807) is 6.92 Å². The van der Waals surface area contributed by atoms with Gasteiger partial charge in [0.2, 0.25) is 0 Å². The van der Waals surface area contributed by atoms with Crippen LogP contribution in [0, 0.1) is 5.92 Å². The monoisotopic (exact) mass is 304 g/mol. The summed E-state index contributed by atoms with van der Waals surface area (Å²) in [4.78, 5) is 26.9. The van der Waals surface area contributed by atoms with Gasteiger partial charge in [-0.05, 0) is 18.1 Å². The van der Waals surface area contributed by atoms with Gasteiger partial charge in [-0.3, -0.25) is 4.79 Å². The van der Waals surface area contributed by atoms with Gasteiger partial charge in [0.15, 0.2) is 0 Å². The molecular formula is C12H14Cl2N2O3. The number of carboxylic acid groups (broad SMARTS) is 1. The number of rotatable bonds is 5. The first kappa shape index (κ1) is 15.7. The molecule has 1 amide bonds. The van der Waals surface area contributed by atoms with E-state index >= 15 is 0 Å². The number of aromatic nitrogens is 1. The molecule has 1 heterocycles. The van der Waals surface area contributed by atoms with E-state index in [9.17, 15) is 9.59 Å². The number of amides is 1. The Morgan fingerprint density at radius 2 is 2.05 bits per heavy atom. The van der Waals surface area contributed by atoms with Gasteiger partial charge < -0.3 is 10.4 Å². The van der Waals surface area contributed by atoms with E-state index in [0.717, 1.165) is 0 Å². The molecule has 0 bridgehead atoms. The van der Waals surface area contributed by atoms with E-state index in [-0.39, 0.29) is 21.8 Å². The molecule has 1 aromatic heterocycles. The lowest BCUT2D eigenvalue weighted by Crippen LogP contribution is -2.45. The summed E-state index contributed by atoms with van der Waals surface area (Å²) in [6.07, 6.45) is 0.619. The topological polar surface area (TPSA) is 79.3 Å². The Balaban J connectivity index is 2.94. The van der Waals surface area contributed by atoms with Crippen molar-refractivity contribution in [3.05, 3.63) is 28.0 Å². The summed E-state index contributed by atoms with van der Waals surface area (Å²) in [5, 5.41) is 11.7. The minimum atomic E-state index is -1.10. The van der Waals surface area contributed by atoms with E-state index in [4.69, 9.17) is 28.3 Å². The number of carbonyl (C=O) groups excluding carboxylic acids is 1. The van der Waals surface area contributed by atoms with Gasteiger partial charge in [0, 0.05) is 0 Å². The molecule has 0 aliphatic rings. The average molecular weight is 305 g/mol. The highest BCUT2D eigenvalue weighted by Crippen LogP contribution is 2.17. The molecule has 2 N–H and O–H groups in total. The van der Waals surface area contributed by atoms with E-state index in [0.29, 0.717) is 6.42 Å². The summed E-state index contributed by atoms with van der Waals surface area (Å²) in [6, 6.07) is 1.89.